The van der Waals surface area contributed by atoms with E-state index in [1.54, 1.807) is 24.4 Å². The van der Waals surface area contributed by atoms with Gasteiger partial charge in [-0.3, -0.25) is 0 Å². The molecule has 142 valence electrons. The van der Waals surface area contributed by atoms with Gasteiger partial charge in [-0.2, -0.15) is 0 Å². The largest absolute Gasteiger partial charge is 0.493 e. The first-order valence-corrected chi connectivity index (χ1v) is 10.5. The Morgan fingerprint density at radius 2 is 1.96 bits per heavy atom. The molecule has 0 saturated carbocycles. The maximum atomic E-state index is 6.01. The van der Waals surface area contributed by atoms with Crippen LogP contribution in [0, 0.1) is 0 Å². The number of anilines is 2. The molecule has 2 aromatic heterocycles. The second kappa shape index (κ2) is 8.41. The normalized spacial score (nSPS) is 10.8. The van der Waals surface area contributed by atoms with Gasteiger partial charge >= 0.3 is 0 Å². The molecular weight excluding hydrogens is 394 g/mol. The Hall–Kier alpha value is -2.91. The van der Waals surface area contributed by atoms with Gasteiger partial charge in [-0.1, -0.05) is 23.5 Å². The van der Waals surface area contributed by atoms with E-state index in [-0.39, 0.29) is 0 Å². The standard InChI is InChI=1S/C19H17N5O2S2/c1-25-16-7-14-15(20-10-21-18(14)23-19-24-22-11-28-19)8-17(16)26-9-12-3-5-13(27-2)6-4-12/h3-8,10-11H,9H2,1-2H3,(H,20,21,23,24). The van der Waals surface area contributed by atoms with Crippen LogP contribution in [0.4, 0.5) is 10.9 Å². The number of methoxy groups -OCH3 is 1. The van der Waals surface area contributed by atoms with Crippen LogP contribution in [0.15, 0.2) is 53.1 Å². The highest BCUT2D eigenvalue weighted by Crippen LogP contribution is 2.35. The number of hydrogen-bond acceptors (Lipinski definition) is 9. The fraction of sp³-hybridized carbons (Fsp3) is 0.158. The summed E-state index contributed by atoms with van der Waals surface area (Å²) in [5, 5.41) is 12.5. The molecule has 1 N–H and O–H groups in total. The van der Waals surface area contributed by atoms with Crippen LogP contribution in [-0.2, 0) is 6.61 Å². The van der Waals surface area contributed by atoms with Gasteiger partial charge in [-0.25, -0.2) is 9.97 Å². The molecule has 28 heavy (non-hydrogen) atoms. The third kappa shape index (κ3) is 4.00. The minimum Gasteiger partial charge on any atom is -0.493 e. The van der Waals surface area contributed by atoms with E-state index in [9.17, 15) is 0 Å². The molecule has 0 aliphatic carbocycles. The molecule has 9 heteroatoms. The molecule has 4 aromatic rings. The van der Waals surface area contributed by atoms with Gasteiger partial charge in [0.25, 0.3) is 0 Å². The van der Waals surface area contributed by atoms with Gasteiger partial charge in [0.2, 0.25) is 5.13 Å². The maximum Gasteiger partial charge on any atom is 0.211 e. The highest BCUT2D eigenvalue weighted by molar-refractivity contribution is 7.98. The Morgan fingerprint density at radius 1 is 1.11 bits per heavy atom. The SMILES string of the molecule is COc1cc2c(Nc3nncs3)ncnc2cc1OCc1ccc(SC)cc1. The van der Waals surface area contributed by atoms with Crippen LogP contribution >= 0.6 is 23.1 Å². The highest BCUT2D eigenvalue weighted by atomic mass is 32.2. The third-order valence-corrected chi connectivity index (χ3v) is 5.41. The third-order valence-electron chi connectivity index (χ3n) is 4.06. The molecule has 0 unspecified atom stereocenters. The molecule has 0 fully saturated rings. The van der Waals surface area contributed by atoms with Crippen molar-refractivity contribution in [3.8, 4) is 11.5 Å². The number of nitrogens with one attached hydrogen (secondary N) is 1. The monoisotopic (exact) mass is 411 g/mol. The lowest BCUT2D eigenvalue weighted by Crippen LogP contribution is -2.00. The number of ether oxygens (including phenoxy) is 2. The number of rotatable bonds is 7. The summed E-state index contributed by atoms with van der Waals surface area (Å²) in [6, 6.07) is 12.0. The van der Waals surface area contributed by atoms with Crippen LogP contribution in [0.5, 0.6) is 11.5 Å². The Kier molecular flexibility index (Phi) is 5.54. The molecule has 0 spiro atoms. The molecule has 0 radical (unpaired) electrons. The second-order valence-corrected chi connectivity index (χ2v) is 7.46. The Morgan fingerprint density at radius 3 is 2.68 bits per heavy atom. The average Bonchev–Trinajstić information content (AvgIpc) is 3.25. The molecule has 0 bridgehead atoms. The van der Waals surface area contributed by atoms with Crippen molar-refractivity contribution in [2.75, 3.05) is 18.7 Å². The summed E-state index contributed by atoms with van der Waals surface area (Å²) in [5.74, 6) is 1.88. The summed E-state index contributed by atoms with van der Waals surface area (Å²) in [4.78, 5) is 9.90. The van der Waals surface area contributed by atoms with Crippen molar-refractivity contribution in [3.05, 3.63) is 53.8 Å². The predicted octanol–water partition coefficient (Wildman–Crippen LogP) is 4.53. The number of fused-ring (bicyclic) bond motifs is 1. The number of hydrogen-bond donors (Lipinski definition) is 1. The van der Waals surface area contributed by atoms with Crippen LogP contribution in [0.2, 0.25) is 0 Å². The number of nitrogens with zero attached hydrogens (tertiary/aromatic N) is 4. The van der Waals surface area contributed by atoms with Gasteiger partial charge in [-0.15, -0.1) is 22.0 Å². The highest BCUT2D eigenvalue weighted by Gasteiger charge is 2.13. The minimum absolute atomic E-state index is 0.442. The lowest BCUT2D eigenvalue weighted by molar-refractivity contribution is 0.285. The van der Waals surface area contributed by atoms with Crippen LogP contribution in [-0.4, -0.2) is 33.5 Å². The lowest BCUT2D eigenvalue weighted by Gasteiger charge is -2.13. The topological polar surface area (TPSA) is 82.0 Å². The summed E-state index contributed by atoms with van der Waals surface area (Å²) in [6.45, 7) is 0.442. The molecule has 7 nitrogen and oxygen atoms in total. The molecule has 2 aromatic carbocycles. The summed E-state index contributed by atoms with van der Waals surface area (Å²) in [5.41, 5.74) is 3.49. The van der Waals surface area contributed by atoms with Crippen molar-refractivity contribution < 1.29 is 9.47 Å². The fourth-order valence-electron chi connectivity index (χ4n) is 2.65. The van der Waals surface area contributed by atoms with Crippen molar-refractivity contribution in [2.45, 2.75) is 11.5 Å². The van der Waals surface area contributed by atoms with Gasteiger partial charge in [-0.05, 0) is 30.0 Å². The molecule has 0 aliphatic rings. The fourth-order valence-corrected chi connectivity index (χ4v) is 3.50. The second-order valence-electron chi connectivity index (χ2n) is 5.75. The summed E-state index contributed by atoms with van der Waals surface area (Å²) in [6.07, 6.45) is 3.56. The Balaban J connectivity index is 1.61. The van der Waals surface area contributed by atoms with E-state index in [1.807, 2.05) is 12.1 Å². The zero-order valence-corrected chi connectivity index (χ0v) is 16.9. The molecule has 0 aliphatic heterocycles. The van der Waals surface area contributed by atoms with E-state index in [0.717, 1.165) is 16.5 Å². The first kappa shape index (κ1) is 18.5. The molecule has 2 heterocycles. The van der Waals surface area contributed by atoms with Crippen molar-refractivity contribution >= 4 is 45.0 Å². The van der Waals surface area contributed by atoms with Crippen molar-refractivity contribution in [1.82, 2.24) is 20.2 Å². The molecule has 0 amide bonds. The van der Waals surface area contributed by atoms with Gasteiger partial charge in [0, 0.05) is 16.3 Å². The lowest BCUT2D eigenvalue weighted by atomic mass is 10.2. The summed E-state index contributed by atoms with van der Waals surface area (Å²) in [7, 11) is 1.61. The van der Waals surface area contributed by atoms with Gasteiger partial charge in [0.1, 0.15) is 24.3 Å². The molecular formula is C19H17N5O2S2. The van der Waals surface area contributed by atoms with Crippen molar-refractivity contribution in [3.63, 3.8) is 0 Å². The smallest absolute Gasteiger partial charge is 0.211 e. The summed E-state index contributed by atoms with van der Waals surface area (Å²) >= 11 is 3.11. The van der Waals surface area contributed by atoms with E-state index >= 15 is 0 Å². The van der Waals surface area contributed by atoms with Crippen LogP contribution < -0.4 is 14.8 Å². The molecule has 0 saturated heterocycles. The number of aromatic nitrogens is 4. The van der Waals surface area contributed by atoms with Gasteiger partial charge in [0.15, 0.2) is 11.5 Å². The van der Waals surface area contributed by atoms with Crippen molar-refractivity contribution in [2.24, 2.45) is 0 Å². The average molecular weight is 412 g/mol. The first-order chi connectivity index (χ1) is 13.8. The summed E-state index contributed by atoms with van der Waals surface area (Å²) < 4.78 is 11.5. The van der Waals surface area contributed by atoms with E-state index in [4.69, 9.17) is 9.47 Å². The Bertz CT molecular complexity index is 1070. The number of thioether (sulfide) groups is 1. The quantitative estimate of drug-likeness (QED) is 0.444. The van der Waals surface area contributed by atoms with E-state index in [2.05, 4.69) is 56.0 Å². The van der Waals surface area contributed by atoms with Gasteiger partial charge < -0.3 is 14.8 Å². The maximum absolute atomic E-state index is 6.01. The number of benzene rings is 2. The van der Waals surface area contributed by atoms with Crippen LogP contribution in [0.1, 0.15) is 5.56 Å². The van der Waals surface area contributed by atoms with Crippen LogP contribution in [0.3, 0.4) is 0 Å². The first-order valence-electron chi connectivity index (χ1n) is 8.38. The predicted molar refractivity (Wildman–Crippen MR) is 112 cm³/mol. The van der Waals surface area contributed by atoms with Crippen LogP contribution in [0.25, 0.3) is 10.9 Å². The van der Waals surface area contributed by atoms with Crippen molar-refractivity contribution in [1.29, 1.82) is 0 Å². The zero-order valence-electron chi connectivity index (χ0n) is 15.2. The Labute approximate surface area is 170 Å². The van der Waals surface area contributed by atoms with E-state index in [1.165, 1.54) is 22.6 Å². The van der Waals surface area contributed by atoms with E-state index < -0.39 is 0 Å². The van der Waals surface area contributed by atoms with Gasteiger partial charge in [0.05, 0.1) is 12.6 Å². The van der Waals surface area contributed by atoms with E-state index in [0.29, 0.717) is 29.1 Å². The molecule has 0 atom stereocenters. The zero-order chi connectivity index (χ0) is 19.3. The molecule has 4 rings (SSSR count). The minimum atomic E-state index is 0.442.